The number of hydrogen-bond donors (Lipinski definition) is 0. The molecule has 7 nitrogen and oxygen atoms in total. The number of likely N-dealkylation sites (N-methyl/N-ethyl adjacent to an activating group) is 1. The van der Waals surface area contributed by atoms with E-state index in [4.69, 9.17) is 9.47 Å². The van der Waals surface area contributed by atoms with Gasteiger partial charge in [0.15, 0.2) is 0 Å². The van der Waals surface area contributed by atoms with Crippen molar-refractivity contribution in [2.45, 2.75) is 31.6 Å². The van der Waals surface area contributed by atoms with Gasteiger partial charge < -0.3 is 14.4 Å². The zero-order valence-electron chi connectivity index (χ0n) is 29.6. The van der Waals surface area contributed by atoms with Crippen LogP contribution >= 0.6 is 11.9 Å². The lowest BCUT2D eigenvalue weighted by molar-refractivity contribution is -0.118. The summed E-state index contributed by atoms with van der Waals surface area (Å²) in [6, 6.07) is 50.2. The maximum Gasteiger partial charge on any atom is 0.342 e. The Labute approximate surface area is 315 Å². The number of ether oxygens (including phenoxy) is 2. The van der Waals surface area contributed by atoms with Crippen molar-refractivity contribution in [2.24, 2.45) is 0 Å². The van der Waals surface area contributed by atoms with E-state index in [1.54, 1.807) is 29.2 Å². The van der Waals surface area contributed by atoms with Gasteiger partial charge in [0.05, 0.1) is 24.7 Å². The monoisotopic (exact) mass is 717 g/mol. The number of benzene rings is 6. The van der Waals surface area contributed by atoms with Gasteiger partial charge >= 0.3 is 5.97 Å². The van der Waals surface area contributed by atoms with Gasteiger partial charge in [-0.1, -0.05) is 115 Å². The first-order chi connectivity index (χ1) is 25.8. The standard InChI is InChI=1S/C45H39N3O4S/c1-33-16-23-41(24-17-33)53-47(2)30-44(49)48(29-34-18-20-38(21-19-34)39-15-9-14-37(26-39)28-46)40-22-25-42(45(50)52-32-36-12-7-4-8-13-36)43(27-40)51-31-35-10-5-3-6-11-35/h3-27H,29-32H2,1-2H3. The Morgan fingerprint density at radius 1 is 0.698 bits per heavy atom. The minimum atomic E-state index is -0.522. The average Bonchev–Trinajstić information content (AvgIpc) is 3.20. The maximum absolute atomic E-state index is 14.2. The fraction of sp³-hybridized carbons (Fsp3) is 0.133. The predicted octanol–water partition coefficient (Wildman–Crippen LogP) is 9.64. The molecule has 0 fully saturated rings. The number of amides is 1. The predicted molar refractivity (Wildman–Crippen MR) is 210 cm³/mol. The lowest BCUT2D eigenvalue weighted by Crippen LogP contribution is -2.37. The summed E-state index contributed by atoms with van der Waals surface area (Å²) in [5.74, 6) is -0.338. The first kappa shape index (κ1) is 36.6. The molecule has 6 aromatic carbocycles. The Morgan fingerprint density at radius 3 is 2.06 bits per heavy atom. The molecule has 0 heterocycles. The Morgan fingerprint density at radius 2 is 1.38 bits per heavy atom. The molecule has 0 aliphatic heterocycles. The van der Waals surface area contributed by atoms with Crippen LogP contribution in [0.1, 0.15) is 38.2 Å². The molecule has 0 radical (unpaired) electrons. The Balaban J connectivity index is 1.30. The summed E-state index contributed by atoms with van der Waals surface area (Å²) in [5.41, 5.74) is 7.23. The first-order valence-corrected chi connectivity index (χ1v) is 18.0. The molecule has 0 atom stereocenters. The van der Waals surface area contributed by atoms with Crippen molar-refractivity contribution in [2.75, 3.05) is 18.5 Å². The van der Waals surface area contributed by atoms with Gasteiger partial charge in [-0.25, -0.2) is 9.10 Å². The quantitative estimate of drug-likeness (QED) is 0.0820. The van der Waals surface area contributed by atoms with Crippen molar-refractivity contribution in [1.29, 1.82) is 5.26 Å². The van der Waals surface area contributed by atoms with Crippen molar-refractivity contribution in [3.8, 4) is 22.9 Å². The zero-order chi connectivity index (χ0) is 37.0. The van der Waals surface area contributed by atoms with Crippen molar-refractivity contribution in [3.63, 3.8) is 0 Å². The second kappa shape index (κ2) is 17.9. The third-order valence-corrected chi connectivity index (χ3v) is 9.43. The molecule has 0 saturated carbocycles. The largest absolute Gasteiger partial charge is 0.488 e. The summed E-state index contributed by atoms with van der Waals surface area (Å²) in [4.78, 5) is 30.5. The van der Waals surface area contributed by atoms with Gasteiger partial charge in [0.25, 0.3) is 0 Å². The molecule has 0 spiro atoms. The maximum atomic E-state index is 14.2. The molecule has 1 amide bonds. The average molecular weight is 718 g/mol. The van der Waals surface area contributed by atoms with Crippen LogP contribution in [0.5, 0.6) is 5.75 Å². The normalized spacial score (nSPS) is 10.8. The molecule has 0 bridgehead atoms. The summed E-state index contributed by atoms with van der Waals surface area (Å²) < 4.78 is 13.9. The fourth-order valence-electron chi connectivity index (χ4n) is 5.67. The van der Waals surface area contributed by atoms with Crippen molar-refractivity contribution in [1.82, 2.24) is 4.31 Å². The van der Waals surface area contributed by atoms with E-state index in [1.807, 2.05) is 146 Å². The Hall–Kier alpha value is -6.14. The first-order valence-electron chi connectivity index (χ1n) is 17.2. The molecule has 0 aliphatic rings. The van der Waals surface area contributed by atoms with E-state index in [0.717, 1.165) is 32.7 Å². The van der Waals surface area contributed by atoms with Crippen LogP contribution in [0, 0.1) is 18.3 Å². The number of hydrogen-bond acceptors (Lipinski definition) is 7. The van der Waals surface area contributed by atoms with Gasteiger partial charge in [-0.2, -0.15) is 5.26 Å². The topological polar surface area (TPSA) is 82.9 Å². The molecule has 0 aliphatic carbocycles. The van der Waals surface area contributed by atoms with Crippen LogP contribution in [-0.2, 0) is 29.3 Å². The molecule has 6 rings (SSSR count). The van der Waals surface area contributed by atoms with Crippen molar-refractivity contribution < 1.29 is 19.1 Å². The number of esters is 1. The van der Waals surface area contributed by atoms with E-state index >= 15 is 0 Å². The summed E-state index contributed by atoms with van der Waals surface area (Å²) >= 11 is 1.50. The molecule has 53 heavy (non-hydrogen) atoms. The van der Waals surface area contributed by atoms with Gasteiger partial charge in [-0.05, 0) is 90.1 Å². The van der Waals surface area contributed by atoms with Crippen LogP contribution in [0.25, 0.3) is 11.1 Å². The highest BCUT2D eigenvalue weighted by Crippen LogP contribution is 2.31. The van der Waals surface area contributed by atoms with Gasteiger partial charge in [0, 0.05) is 16.6 Å². The van der Waals surface area contributed by atoms with E-state index in [9.17, 15) is 14.9 Å². The molecular formula is C45H39N3O4S. The van der Waals surface area contributed by atoms with Crippen LogP contribution in [0.4, 0.5) is 5.69 Å². The number of nitrogens with zero attached hydrogens (tertiary/aromatic N) is 3. The van der Waals surface area contributed by atoms with Crippen LogP contribution in [0.2, 0.25) is 0 Å². The van der Waals surface area contributed by atoms with Crippen molar-refractivity contribution in [3.05, 3.63) is 185 Å². The third-order valence-electron chi connectivity index (χ3n) is 8.51. The minimum Gasteiger partial charge on any atom is -0.488 e. The second-order valence-corrected chi connectivity index (χ2v) is 13.9. The fourth-order valence-corrected chi connectivity index (χ4v) is 6.46. The van der Waals surface area contributed by atoms with E-state index in [0.29, 0.717) is 17.0 Å². The molecule has 0 aromatic heterocycles. The number of aryl methyl sites for hydroxylation is 1. The molecule has 0 unspecified atom stereocenters. The van der Waals surface area contributed by atoms with Gasteiger partial charge in [-0.15, -0.1) is 0 Å². The van der Waals surface area contributed by atoms with E-state index in [1.165, 1.54) is 17.5 Å². The SMILES string of the molecule is Cc1ccc(SN(C)CC(=O)N(Cc2ccc(-c3cccc(C#N)c3)cc2)c2ccc(C(=O)OCc3ccccc3)c(OCc3ccccc3)c2)cc1. The molecule has 264 valence electrons. The Bertz CT molecular complexity index is 2180. The van der Waals surface area contributed by atoms with Gasteiger partial charge in [-0.3, -0.25) is 4.79 Å². The molecule has 0 N–H and O–H groups in total. The summed E-state index contributed by atoms with van der Waals surface area (Å²) in [5, 5.41) is 9.37. The lowest BCUT2D eigenvalue weighted by atomic mass is 10.0. The highest BCUT2D eigenvalue weighted by atomic mass is 32.2. The second-order valence-electron chi connectivity index (χ2n) is 12.6. The number of anilines is 1. The highest BCUT2D eigenvalue weighted by Gasteiger charge is 2.23. The minimum absolute atomic E-state index is 0.117. The smallest absolute Gasteiger partial charge is 0.342 e. The number of rotatable bonds is 14. The molecule has 6 aromatic rings. The van der Waals surface area contributed by atoms with Crippen molar-refractivity contribution >= 4 is 29.5 Å². The van der Waals surface area contributed by atoms with Gasteiger partial charge in [0.1, 0.15) is 24.5 Å². The van der Waals surface area contributed by atoms with Crippen LogP contribution in [0.3, 0.4) is 0 Å². The molecule has 0 saturated heterocycles. The van der Waals surface area contributed by atoms with Crippen LogP contribution < -0.4 is 9.64 Å². The number of nitriles is 1. The van der Waals surface area contributed by atoms with Crippen LogP contribution in [0.15, 0.2) is 157 Å². The third kappa shape index (κ3) is 10.2. The summed E-state index contributed by atoms with van der Waals surface area (Å²) in [6.07, 6.45) is 0. The Kier molecular flexibility index (Phi) is 12.4. The number of carbonyl (C=O) groups is 2. The van der Waals surface area contributed by atoms with Gasteiger partial charge in [0.2, 0.25) is 5.91 Å². The highest BCUT2D eigenvalue weighted by molar-refractivity contribution is 7.97. The summed E-state index contributed by atoms with van der Waals surface area (Å²) in [6.45, 7) is 2.78. The van der Waals surface area contributed by atoms with E-state index < -0.39 is 5.97 Å². The lowest BCUT2D eigenvalue weighted by Gasteiger charge is -2.26. The summed E-state index contributed by atoms with van der Waals surface area (Å²) in [7, 11) is 1.89. The molecular weight excluding hydrogens is 679 g/mol. The molecule has 8 heteroatoms. The zero-order valence-corrected chi connectivity index (χ0v) is 30.5. The van der Waals surface area contributed by atoms with E-state index in [-0.39, 0.29) is 37.8 Å². The van der Waals surface area contributed by atoms with Crippen LogP contribution in [-0.4, -0.2) is 29.8 Å². The van der Waals surface area contributed by atoms with E-state index in [2.05, 4.69) is 6.07 Å². The number of carbonyl (C=O) groups excluding carboxylic acids is 2.